The Hall–Kier alpha value is -4.37. The van der Waals surface area contributed by atoms with Crippen molar-refractivity contribution in [2.24, 2.45) is 0 Å². The maximum absolute atomic E-state index is 13.1. The van der Waals surface area contributed by atoms with Gasteiger partial charge in [-0.2, -0.15) is 0 Å². The van der Waals surface area contributed by atoms with Crippen molar-refractivity contribution in [1.29, 1.82) is 0 Å². The average Bonchev–Trinajstić information content (AvgIpc) is 2.88. The molecule has 0 unspecified atom stereocenters. The van der Waals surface area contributed by atoms with Crippen LogP contribution >= 0.6 is 0 Å². The van der Waals surface area contributed by atoms with Crippen molar-refractivity contribution in [2.75, 3.05) is 7.11 Å². The highest BCUT2D eigenvalue weighted by Crippen LogP contribution is 2.45. The summed E-state index contributed by atoms with van der Waals surface area (Å²) in [4.78, 5) is 13.1. The lowest BCUT2D eigenvalue weighted by atomic mass is 9.87. The quantitative estimate of drug-likeness (QED) is 0.167. The Balaban J connectivity index is 1.91. The average molecular weight is 428 g/mol. The van der Waals surface area contributed by atoms with E-state index in [0.717, 1.165) is 49.5 Å². The van der Waals surface area contributed by atoms with E-state index in [1.54, 1.807) is 7.11 Å². The molecule has 0 saturated carbocycles. The minimum absolute atomic E-state index is 0.328. The maximum atomic E-state index is 13.1. The van der Waals surface area contributed by atoms with E-state index < -0.39 is 0 Å². The number of methoxy groups -OCH3 is 1. The minimum Gasteiger partial charge on any atom is -0.497 e. The van der Waals surface area contributed by atoms with E-state index in [9.17, 15) is 4.79 Å². The topological polar surface area (TPSA) is 39.4 Å². The van der Waals surface area contributed by atoms with E-state index in [0.29, 0.717) is 11.0 Å². The highest BCUT2D eigenvalue weighted by Gasteiger charge is 2.21. The largest absolute Gasteiger partial charge is 0.497 e. The third-order valence-electron chi connectivity index (χ3n) is 6.22. The Labute approximate surface area is 190 Å². The summed E-state index contributed by atoms with van der Waals surface area (Å²) in [5.41, 5.74) is 4.30. The zero-order valence-electron chi connectivity index (χ0n) is 18.0. The van der Waals surface area contributed by atoms with Crippen molar-refractivity contribution in [3.63, 3.8) is 0 Å². The van der Waals surface area contributed by atoms with Crippen molar-refractivity contribution >= 4 is 32.5 Å². The highest BCUT2D eigenvalue weighted by molar-refractivity contribution is 6.25. The normalized spacial score (nSPS) is 11.3. The fraction of sp³-hybridized carbons (Fsp3) is 0.0333. The van der Waals surface area contributed by atoms with Crippen LogP contribution in [0, 0.1) is 0 Å². The van der Waals surface area contributed by atoms with E-state index in [1.165, 1.54) is 0 Å². The third-order valence-corrected chi connectivity index (χ3v) is 6.22. The molecule has 5 aromatic carbocycles. The maximum Gasteiger partial charge on any atom is 0.344 e. The molecule has 0 aliphatic carbocycles. The Morgan fingerprint density at radius 1 is 0.576 bits per heavy atom. The van der Waals surface area contributed by atoms with Gasteiger partial charge in [-0.1, -0.05) is 84.9 Å². The third kappa shape index (κ3) is 3.01. The number of hydrogen-bond acceptors (Lipinski definition) is 3. The van der Waals surface area contributed by atoms with Gasteiger partial charge in [0.2, 0.25) is 0 Å². The lowest BCUT2D eigenvalue weighted by Gasteiger charge is -2.18. The van der Waals surface area contributed by atoms with Crippen molar-refractivity contribution < 1.29 is 9.15 Å². The molecule has 6 rings (SSSR count). The van der Waals surface area contributed by atoms with Crippen LogP contribution in [-0.2, 0) is 0 Å². The SMILES string of the molecule is COc1ccc(-c2c3ccccc3c(-c3ccccc3)c3oc(=O)c4ccccc4c23)cc1. The van der Waals surface area contributed by atoms with Gasteiger partial charge in [0.1, 0.15) is 11.3 Å². The van der Waals surface area contributed by atoms with Crippen molar-refractivity contribution in [2.45, 2.75) is 0 Å². The molecule has 0 aliphatic heterocycles. The fourth-order valence-electron chi connectivity index (χ4n) is 4.75. The monoisotopic (exact) mass is 428 g/mol. The molecule has 1 heterocycles. The van der Waals surface area contributed by atoms with Gasteiger partial charge in [0.15, 0.2) is 0 Å². The smallest absolute Gasteiger partial charge is 0.344 e. The first-order valence-electron chi connectivity index (χ1n) is 10.9. The Kier molecular flexibility index (Phi) is 4.48. The number of fused-ring (bicyclic) bond motifs is 4. The van der Waals surface area contributed by atoms with Gasteiger partial charge in [-0.3, -0.25) is 0 Å². The molecule has 3 nitrogen and oxygen atoms in total. The molecule has 0 atom stereocenters. The molecule has 0 spiro atoms. The first kappa shape index (κ1) is 19.3. The van der Waals surface area contributed by atoms with Crippen LogP contribution in [0.15, 0.2) is 112 Å². The highest BCUT2D eigenvalue weighted by atomic mass is 16.5. The summed E-state index contributed by atoms with van der Waals surface area (Å²) in [7, 11) is 1.66. The molecule has 1 aromatic heterocycles. The van der Waals surface area contributed by atoms with Crippen LogP contribution in [0.1, 0.15) is 0 Å². The van der Waals surface area contributed by atoms with Crippen molar-refractivity contribution in [1.82, 2.24) is 0 Å². The van der Waals surface area contributed by atoms with Gasteiger partial charge >= 0.3 is 5.63 Å². The van der Waals surface area contributed by atoms with Gasteiger partial charge in [-0.15, -0.1) is 0 Å². The predicted molar refractivity (Wildman–Crippen MR) is 135 cm³/mol. The second-order valence-corrected chi connectivity index (χ2v) is 8.03. The second kappa shape index (κ2) is 7.64. The van der Waals surface area contributed by atoms with Crippen LogP contribution in [0.3, 0.4) is 0 Å². The molecule has 158 valence electrons. The fourth-order valence-corrected chi connectivity index (χ4v) is 4.75. The lowest BCUT2D eigenvalue weighted by Crippen LogP contribution is -2.02. The van der Waals surface area contributed by atoms with Crippen molar-refractivity contribution in [3.05, 3.63) is 114 Å². The van der Waals surface area contributed by atoms with Gasteiger partial charge in [0.25, 0.3) is 0 Å². The van der Waals surface area contributed by atoms with Crippen LogP contribution in [0.5, 0.6) is 5.75 Å². The summed E-state index contributed by atoms with van der Waals surface area (Å²) in [6.07, 6.45) is 0. The van der Waals surface area contributed by atoms with E-state index in [-0.39, 0.29) is 5.63 Å². The molecule has 0 radical (unpaired) electrons. The Bertz CT molecular complexity index is 1700. The van der Waals surface area contributed by atoms with Crippen LogP contribution in [0.25, 0.3) is 54.8 Å². The van der Waals surface area contributed by atoms with E-state index in [4.69, 9.17) is 9.15 Å². The van der Waals surface area contributed by atoms with Crippen LogP contribution in [0.2, 0.25) is 0 Å². The van der Waals surface area contributed by atoms with E-state index >= 15 is 0 Å². The van der Waals surface area contributed by atoms with E-state index in [1.807, 2.05) is 60.7 Å². The molecule has 0 aliphatic rings. The van der Waals surface area contributed by atoms with Gasteiger partial charge in [0, 0.05) is 21.9 Å². The number of hydrogen-bond donors (Lipinski definition) is 0. The molecule has 33 heavy (non-hydrogen) atoms. The zero-order valence-corrected chi connectivity index (χ0v) is 18.0. The van der Waals surface area contributed by atoms with Gasteiger partial charge in [-0.05, 0) is 40.1 Å². The molecule has 0 fully saturated rings. The van der Waals surface area contributed by atoms with Crippen LogP contribution < -0.4 is 10.4 Å². The first-order chi connectivity index (χ1) is 16.3. The molecule has 3 heteroatoms. The van der Waals surface area contributed by atoms with Crippen LogP contribution in [-0.4, -0.2) is 7.11 Å². The first-order valence-corrected chi connectivity index (χ1v) is 10.9. The summed E-state index contributed by atoms with van der Waals surface area (Å²) in [5, 5.41) is 4.55. The van der Waals surface area contributed by atoms with Crippen LogP contribution in [0.4, 0.5) is 0 Å². The molecule has 0 amide bonds. The predicted octanol–water partition coefficient (Wildman–Crippen LogP) is 7.44. The molecule has 0 saturated heterocycles. The number of benzene rings is 5. The Morgan fingerprint density at radius 2 is 1.12 bits per heavy atom. The lowest BCUT2D eigenvalue weighted by molar-refractivity contribution is 0.415. The summed E-state index contributed by atoms with van der Waals surface area (Å²) in [5.74, 6) is 0.796. The molecular weight excluding hydrogens is 408 g/mol. The molecule has 0 bridgehead atoms. The zero-order chi connectivity index (χ0) is 22.4. The number of rotatable bonds is 3. The van der Waals surface area contributed by atoms with E-state index in [2.05, 4.69) is 42.5 Å². The van der Waals surface area contributed by atoms with Gasteiger partial charge in [-0.25, -0.2) is 4.79 Å². The second-order valence-electron chi connectivity index (χ2n) is 8.03. The summed E-state index contributed by atoms with van der Waals surface area (Å²) in [6, 6.07) is 34.1. The summed E-state index contributed by atoms with van der Waals surface area (Å²) >= 11 is 0. The summed E-state index contributed by atoms with van der Waals surface area (Å²) < 4.78 is 11.5. The van der Waals surface area contributed by atoms with Gasteiger partial charge < -0.3 is 9.15 Å². The molecule has 6 aromatic rings. The Morgan fingerprint density at radius 3 is 1.79 bits per heavy atom. The molecular formula is C30H20O3. The molecule has 0 N–H and O–H groups in total. The van der Waals surface area contributed by atoms with Gasteiger partial charge in [0.05, 0.1) is 12.5 Å². The minimum atomic E-state index is -0.328. The standard InChI is InChI=1S/C30H20O3/c1-32-21-17-15-20(16-18-21)26-22-11-5-6-12-23(22)27(19-9-3-2-4-10-19)29-28(26)24-13-7-8-14-25(24)30(31)33-29/h2-18H,1H3. The summed E-state index contributed by atoms with van der Waals surface area (Å²) in [6.45, 7) is 0. The van der Waals surface area contributed by atoms with Crippen molar-refractivity contribution in [3.8, 4) is 28.0 Å². The number of ether oxygens (including phenoxy) is 1.